The molecule has 1 amide bonds. The molecule has 4 aromatic carbocycles. The lowest BCUT2D eigenvalue weighted by molar-refractivity contribution is -0.113. The molecule has 0 atom stereocenters. The smallest absolute Gasteiger partial charge is 0.268 e. The molecule has 0 spiro atoms. The van der Waals surface area contributed by atoms with Crippen molar-refractivity contribution in [2.45, 2.75) is 17.0 Å². The van der Waals surface area contributed by atoms with Crippen LogP contribution in [0.3, 0.4) is 0 Å². The highest BCUT2D eigenvalue weighted by Crippen LogP contribution is 2.35. The van der Waals surface area contributed by atoms with Crippen molar-refractivity contribution in [3.05, 3.63) is 121 Å². The zero-order valence-corrected chi connectivity index (χ0v) is 23.9. The standard InChI is InChI=1S/C31H24FN5O3S2/c1-21-11-15-23(16-12-21)33-29(38)20-41-31-35-34-30(37(31)24-17-13-22(32)14-18-24)27-19-36(28-10-6-5-9-26(27)28)42(39,40)25-7-3-2-4-8-25/h2-19H,20H2,1H3,(H,33,38). The lowest BCUT2D eigenvalue weighted by atomic mass is 10.1. The SMILES string of the molecule is Cc1ccc(NC(=O)CSc2nnc(-c3cn(S(=O)(=O)c4ccccc4)c4ccccc34)n2-c2ccc(F)cc2)cc1. The van der Waals surface area contributed by atoms with E-state index in [9.17, 15) is 17.6 Å². The molecule has 2 aromatic heterocycles. The van der Waals surface area contributed by atoms with Gasteiger partial charge >= 0.3 is 0 Å². The number of benzene rings is 4. The van der Waals surface area contributed by atoms with Crippen molar-refractivity contribution in [3.63, 3.8) is 0 Å². The quantitative estimate of drug-likeness (QED) is 0.207. The van der Waals surface area contributed by atoms with E-state index in [0.29, 0.717) is 38.8 Å². The van der Waals surface area contributed by atoms with Gasteiger partial charge in [-0.05, 0) is 61.5 Å². The predicted octanol–water partition coefficient (Wildman–Crippen LogP) is 6.30. The Balaban J connectivity index is 1.42. The number of hydrogen-bond acceptors (Lipinski definition) is 6. The topological polar surface area (TPSA) is 98.9 Å². The number of carbonyl (C=O) groups is 1. The van der Waals surface area contributed by atoms with Gasteiger partial charge in [-0.25, -0.2) is 16.8 Å². The molecular formula is C31H24FN5O3S2. The van der Waals surface area contributed by atoms with Crippen LogP contribution in [0.4, 0.5) is 10.1 Å². The number of anilines is 1. The monoisotopic (exact) mass is 597 g/mol. The number of rotatable bonds is 8. The number of nitrogens with zero attached hydrogens (tertiary/aromatic N) is 4. The number of hydrogen-bond donors (Lipinski definition) is 1. The Labute approximate surface area is 245 Å². The van der Waals surface area contributed by atoms with Crippen molar-refractivity contribution in [2.24, 2.45) is 0 Å². The van der Waals surface area contributed by atoms with Gasteiger partial charge in [-0.1, -0.05) is 65.9 Å². The molecule has 6 aromatic rings. The largest absolute Gasteiger partial charge is 0.325 e. The van der Waals surface area contributed by atoms with Crippen LogP contribution >= 0.6 is 11.8 Å². The van der Waals surface area contributed by atoms with Gasteiger partial charge in [-0.3, -0.25) is 9.36 Å². The van der Waals surface area contributed by atoms with Gasteiger partial charge in [-0.15, -0.1) is 10.2 Å². The van der Waals surface area contributed by atoms with Crippen LogP contribution in [-0.2, 0) is 14.8 Å². The molecule has 210 valence electrons. The maximum Gasteiger partial charge on any atom is 0.268 e. The fraction of sp³-hybridized carbons (Fsp3) is 0.0645. The summed E-state index contributed by atoms with van der Waals surface area (Å²) in [7, 11) is -3.93. The molecule has 0 bridgehead atoms. The van der Waals surface area contributed by atoms with Gasteiger partial charge in [0.15, 0.2) is 11.0 Å². The number of carbonyl (C=O) groups excluding carboxylic acids is 1. The molecule has 1 N–H and O–H groups in total. The van der Waals surface area contributed by atoms with E-state index in [1.807, 2.05) is 43.3 Å². The van der Waals surface area contributed by atoms with Crippen LogP contribution < -0.4 is 5.32 Å². The fourth-order valence-corrected chi connectivity index (χ4v) is 6.70. The van der Waals surface area contributed by atoms with Crippen molar-refractivity contribution in [1.29, 1.82) is 0 Å². The molecule has 42 heavy (non-hydrogen) atoms. The Kier molecular flexibility index (Phi) is 7.36. The molecule has 8 nitrogen and oxygen atoms in total. The second-order valence-corrected chi connectivity index (χ2v) is 12.3. The van der Waals surface area contributed by atoms with Crippen LogP contribution in [0.1, 0.15) is 5.56 Å². The highest BCUT2D eigenvalue weighted by molar-refractivity contribution is 7.99. The molecular weight excluding hydrogens is 574 g/mol. The van der Waals surface area contributed by atoms with Crippen LogP contribution in [0.25, 0.3) is 28.0 Å². The highest BCUT2D eigenvalue weighted by Gasteiger charge is 2.25. The van der Waals surface area contributed by atoms with Crippen LogP contribution in [-0.4, -0.2) is 38.8 Å². The fourth-order valence-electron chi connectivity index (χ4n) is 4.56. The third-order valence-electron chi connectivity index (χ3n) is 6.60. The summed E-state index contributed by atoms with van der Waals surface area (Å²) in [6, 6.07) is 28.6. The number of nitrogens with one attached hydrogen (secondary N) is 1. The van der Waals surface area contributed by atoms with E-state index in [1.165, 1.54) is 34.1 Å². The Morgan fingerprint density at radius 3 is 2.31 bits per heavy atom. The van der Waals surface area contributed by atoms with Gasteiger partial charge in [0, 0.05) is 28.5 Å². The normalized spacial score (nSPS) is 11.6. The van der Waals surface area contributed by atoms with Gasteiger partial charge in [-0.2, -0.15) is 0 Å². The Bertz CT molecular complexity index is 2000. The molecule has 0 aliphatic carbocycles. The molecule has 0 saturated heterocycles. The van der Waals surface area contributed by atoms with Crippen molar-refractivity contribution in [1.82, 2.24) is 18.7 Å². The molecule has 0 unspecified atom stereocenters. The van der Waals surface area contributed by atoms with Gasteiger partial charge in [0.25, 0.3) is 10.0 Å². The highest BCUT2D eigenvalue weighted by atomic mass is 32.2. The van der Waals surface area contributed by atoms with Gasteiger partial charge in [0.2, 0.25) is 5.91 Å². The third-order valence-corrected chi connectivity index (χ3v) is 9.22. The minimum atomic E-state index is -3.93. The first-order valence-electron chi connectivity index (χ1n) is 12.9. The number of amides is 1. The van der Waals surface area contributed by atoms with E-state index < -0.39 is 15.8 Å². The van der Waals surface area contributed by atoms with Crippen molar-refractivity contribution >= 4 is 44.3 Å². The minimum Gasteiger partial charge on any atom is -0.325 e. The van der Waals surface area contributed by atoms with Crippen LogP contribution in [0.5, 0.6) is 0 Å². The first-order chi connectivity index (χ1) is 20.3. The molecule has 0 saturated carbocycles. The first kappa shape index (κ1) is 27.4. The summed E-state index contributed by atoms with van der Waals surface area (Å²) in [5.41, 5.74) is 3.30. The Hall–Kier alpha value is -4.74. The van der Waals surface area contributed by atoms with Crippen molar-refractivity contribution < 1.29 is 17.6 Å². The van der Waals surface area contributed by atoms with E-state index >= 15 is 0 Å². The third kappa shape index (κ3) is 5.31. The number of halogens is 1. The average molecular weight is 598 g/mol. The zero-order valence-electron chi connectivity index (χ0n) is 22.3. The molecule has 0 aliphatic heterocycles. The van der Waals surface area contributed by atoms with Crippen molar-refractivity contribution in [2.75, 3.05) is 11.1 Å². The lowest BCUT2D eigenvalue weighted by Gasteiger charge is -2.10. The van der Waals surface area contributed by atoms with E-state index in [4.69, 9.17) is 0 Å². The molecule has 11 heteroatoms. The summed E-state index contributed by atoms with van der Waals surface area (Å²) in [5, 5.41) is 12.7. The molecule has 6 rings (SSSR count). The minimum absolute atomic E-state index is 0.0390. The molecule has 0 radical (unpaired) electrons. The van der Waals surface area contributed by atoms with Crippen molar-refractivity contribution in [3.8, 4) is 17.1 Å². The van der Waals surface area contributed by atoms with Crippen LogP contribution in [0, 0.1) is 12.7 Å². The summed E-state index contributed by atoms with van der Waals surface area (Å²) in [6.07, 6.45) is 1.52. The first-order valence-corrected chi connectivity index (χ1v) is 15.4. The number of aromatic nitrogens is 4. The van der Waals surface area contributed by atoms with E-state index in [2.05, 4.69) is 15.5 Å². The number of para-hydroxylation sites is 1. The number of fused-ring (bicyclic) bond motifs is 1. The second kappa shape index (κ2) is 11.3. The number of thioether (sulfide) groups is 1. The summed E-state index contributed by atoms with van der Waals surface area (Å²) >= 11 is 1.17. The average Bonchev–Trinajstić information content (AvgIpc) is 3.60. The summed E-state index contributed by atoms with van der Waals surface area (Å²) in [6.45, 7) is 1.97. The number of aryl methyl sites for hydroxylation is 1. The molecule has 0 aliphatic rings. The van der Waals surface area contributed by atoms with E-state index in [-0.39, 0.29) is 16.6 Å². The van der Waals surface area contributed by atoms with E-state index in [1.54, 1.807) is 59.2 Å². The summed E-state index contributed by atoms with van der Waals surface area (Å²) in [5.74, 6) is -0.256. The van der Waals surface area contributed by atoms with Gasteiger partial charge in [0.05, 0.1) is 16.2 Å². The second-order valence-electron chi connectivity index (χ2n) is 9.49. The van der Waals surface area contributed by atoms with E-state index in [0.717, 1.165) is 5.56 Å². The summed E-state index contributed by atoms with van der Waals surface area (Å²) in [4.78, 5) is 12.9. The molecule has 0 fully saturated rings. The maximum absolute atomic E-state index is 13.9. The maximum atomic E-state index is 13.9. The summed E-state index contributed by atoms with van der Waals surface area (Å²) < 4.78 is 44.1. The van der Waals surface area contributed by atoms with Crippen LogP contribution in [0.15, 0.2) is 119 Å². The Morgan fingerprint density at radius 2 is 1.57 bits per heavy atom. The van der Waals surface area contributed by atoms with Crippen LogP contribution in [0.2, 0.25) is 0 Å². The van der Waals surface area contributed by atoms with Gasteiger partial charge < -0.3 is 5.32 Å². The Morgan fingerprint density at radius 1 is 0.881 bits per heavy atom. The predicted molar refractivity (Wildman–Crippen MR) is 162 cm³/mol. The van der Waals surface area contributed by atoms with Gasteiger partial charge in [0.1, 0.15) is 5.82 Å². The molecule has 2 heterocycles. The zero-order chi connectivity index (χ0) is 29.3. The lowest BCUT2D eigenvalue weighted by Crippen LogP contribution is -2.14.